The summed E-state index contributed by atoms with van der Waals surface area (Å²) < 4.78 is 14.4. The van der Waals surface area contributed by atoms with Gasteiger partial charge in [0.25, 0.3) is 0 Å². The molecule has 3 heteroatoms. The number of hydrogen-bond donors (Lipinski definition) is 1. The van der Waals surface area contributed by atoms with Gasteiger partial charge in [-0.15, -0.1) is 0 Å². The van der Waals surface area contributed by atoms with Gasteiger partial charge in [-0.1, -0.05) is 13.0 Å². The van der Waals surface area contributed by atoms with E-state index in [0.29, 0.717) is 0 Å². The topological polar surface area (TPSA) is 24.9 Å². The third-order valence-corrected chi connectivity index (χ3v) is 3.69. The number of nitrogens with zero attached hydrogens (tertiary/aromatic N) is 1. The molecule has 2 aromatic rings. The summed E-state index contributed by atoms with van der Waals surface area (Å²) in [7, 11) is 1.86. The van der Waals surface area contributed by atoms with Crippen LogP contribution in [0.3, 0.4) is 0 Å². The Labute approximate surface area is 120 Å². The van der Waals surface area contributed by atoms with Gasteiger partial charge in [-0.05, 0) is 61.7 Å². The van der Waals surface area contributed by atoms with E-state index in [-0.39, 0.29) is 11.9 Å². The van der Waals surface area contributed by atoms with Crippen LogP contribution in [-0.2, 0) is 6.42 Å². The van der Waals surface area contributed by atoms with Crippen LogP contribution >= 0.6 is 0 Å². The Morgan fingerprint density at radius 1 is 1.30 bits per heavy atom. The molecule has 1 aromatic carbocycles. The van der Waals surface area contributed by atoms with Crippen molar-refractivity contribution in [3.8, 4) is 0 Å². The molecule has 1 heterocycles. The number of pyridine rings is 1. The highest BCUT2D eigenvalue weighted by Gasteiger charge is 2.20. The first-order chi connectivity index (χ1) is 9.58. The molecule has 0 amide bonds. The summed E-state index contributed by atoms with van der Waals surface area (Å²) in [6.45, 7) is 5.96. The minimum Gasteiger partial charge on any atom is -0.309 e. The molecule has 20 heavy (non-hydrogen) atoms. The molecular formula is C17H21FN2. The normalized spacial score (nSPS) is 12.4. The van der Waals surface area contributed by atoms with Crippen LogP contribution in [0.5, 0.6) is 0 Å². The fraction of sp³-hybridized carbons (Fsp3) is 0.353. The van der Waals surface area contributed by atoms with Crippen molar-refractivity contribution in [3.63, 3.8) is 0 Å². The molecular weight excluding hydrogens is 251 g/mol. The molecule has 2 nitrogen and oxygen atoms in total. The number of halogens is 1. The SMILES string of the molecule is CCc1cnccc1C(NC)c1c(C)cc(C)cc1F. The second kappa shape index (κ2) is 6.14. The Morgan fingerprint density at radius 2 is 2.05 bits per heavy atom. The zero-order valence-corrected chi connectivity index (χ0v) is 12.5. The summed E-state index contributed by atoms with van der Waals surface area (Å²) in [6.07, 6.45) is 4.51. The smallest absolute Gasteiger partial charge is 0.128 e. The second-order valence-corrected chi connectivity index (χ2v) is 5.13. The van der Waals surface area contributed by atoms with Gasteiger partial charge in [0.05, 0.1) is 6.04 Å². The van der Waals surface area contributed by atoms with Crippen molar-refractivity contribution in [1.29, 1.82) is 0 Å². The Morgan fingerprint density at radius 3 is 2.65 bits per heavy atom. The first-order valence-electron chi connectivity index (χ1n) is 6.95. The molecule has 106 valence electrons. The zero-order valence-electron chi connectivity index (χ0n) is 12.5. The minimum atomic E-state index is -0.152. The monoisotopic (exact) mass is 272 g/mol. The van der Waals surface area contributed by atoms with Crippen LogP contribution in [0.4, 0.5) is 4.39 Å². The van der Waals surface area contributed by atoms with Gasteiger partial charge in [-0.2, -0.15) is 0 Å². The number of hydrogen-bond acceptors (Lipinski definition) is 2. The Balaban J connectivity index is 2.59. The standard InChI is InChI=1S/C17H21FN2/c1-5-13-10-20-7-6-14(13)17(19-4)16-12(3)8-11(2)9-15(16)18/h6-10,17,19H,5H2,1-4H3. The Kier molecular flexibility index (Phi) is 4.50. The van der Waals surface area contributed by atoms with Gasteiger partial charge in [0.1, 0.15) is 5.82 Å². The highest BCUT2D eigenvalue weighted by Crippen LogP contribution is 2.29. The highest BCUT2D eigenvalue weighted by molar-refractivity contribution is 5.42. The number of nitrogens with one attached hydrogen (secondary N) is 1. The molecule has 2 rings (SSSR count). The number of aromatic nitrogens is 1. The van der Waals surface area contributed by atoms with Crippen molar-refractivity contribution < 1.29 is 4.39 Å². The molecule has 0 saturated heterocycles. The predicted octanol–water partition coefficient (Wildman–Crippen LogP) is 3.71. The molecule has 1 unspecified atom stereocenters. The lowest BCUT2D eigenvalue weighted by Crippen LogP contribution is -2.21. The highest BCUT2D eigenvalue weighted by atomic mass is 19.1. The van der Waals surface area contributed by atoms with Crippen LogP contribution in [0.15, 0.2) is 30.6 Å². The molecule has 0 spiro atoms. The number of rotatable bonds is 4. The summed E-state index contributed by atoms with van der Waals surface area (Å²) in [4.78, 5) is 4.16. The van der Waals surface area contributed by atoms with E-state index in [1.807, 2.05) is 39.2 Å². The van der Waals surface area contributed by atoms with Crippen LogP contribution in [0.1, 0.15) is 40.8 Å². The Hall–Kier alpha value is -1.74. The van der Waals surface area contributed by atoms with E-state index in [1.165, 1.54) is 0 Å². The summed E-state index contributed by atoms with van der Waals surface area (Å²) in [5, 5.41) is 3.24. The molecule has 0 saturated carbocycles. The van der Waals surface area contributed by atoms with Crippen LogP contribution in [0.25, 0.3) is 0 Å². The maximum absolute atomic E-state index is 14.4. The van der Waals surface area contributed by atoms with Gasteiger partial charge in [0.2, 0.25) is 0 Å². The third kappa shape index (κ3) is 2.73. The largest absolute Gasteiger partial charge is 0.309 e. The van der Waals surface area contributed by atoms with E-state index in [4.69, 9.17) is 0 Å². The first-order valence-corrected chi connectivity index (χ1v) is 6.95. The molecule has 1 atom stereocenters. The maximum Gasteiger partial charge on any atom is 0.128 e. The number of benzene rings is 1. The van der Waals surface area contributed by atoms with Gasteiger partial charge in [-0.3, -0.25) is 4.98 Å². The average molecular weight is 272 g/mol. The van der Waals surface area contributed by atoms with Gasteiger partial charge in [0.15, 0.2) is 0 Å². The second-order valence-electron chi connectivity index (χ2n) is 5.13. The molecule has 0 aliphatic carbocycles. The fourth-order valence-electron chi connectivity index (χ4n) is 2.76. The van der Waals surface area contributed by atoms with E-state index in [1.54, 1.807) is 12.3 Å². The van der Waals surface area contributed by atoms with E-state index in [9.17, 15) is 4.39 Å². The summed E-state index contributed by atoms with van der Waals surface area (Å²) in [6, 6.07) is 5.45. The summed E-state index contributed by atoms with van der Waals surface area (Å²) in [5.74, 6) is -0.152. The van der Waals surface area contributed by atoms with Crippen LogP contribution in [0, 0.1) is 19.7 Å². The summed E-state index contributed by atoms with van der Waals surface area (Å²) in [5.41, 5.74) is 4.88. The van der Waals surface area contributed by atoms with E-state index in [2.05, 4.69) is 17.2 Å². The van der Waals surface area contributed by atoms with E-state index < -0.39 is 0 Å². The average Bonchev–Trinajstić information content (AvgIpc) is 2.42. The third-order valence-electron chi connectivity index (χ3n) is 3.69. The molecule has 0 aliphatic heterocycles. The first kappa shape index (κ1) is 14.7. The molecule has 1 aromatic heterocycles. The molecule has 0 fully saturated rings. The lowest BCUT2D eigenvalue weighted by atomic mass is 9.91. The van der Waals surface area contributed by atoms with Crippen LogP contribution < -0.4 is 5.32 Å². The summed E-state index contributed by atoms with van der Waals surface area (Å²) >= 11 is 0. The van der Waals surface area contributed by atoms with Crippen LogP contribution in [0.2, 0.25) is 0 Å². The Bertz CT molecular complexity index is 585. The lowest BCUT2D eigenvalue weighted by molar-refractivity contribution is 0.570. The van der Waals surface area contributed by atoms with Gasteiger partial charge in [0, 0.05) is 18.0 Å². The molecule has 0 radical (unpaired) electrons. The minimum absolute atomic E-state index is 0.145. The van der Waals surface area contributed by atoms with Gasteiger partial charge >= 0.3 is 0 Å². The maximum atomic E-state index is 14.4. The van der Waals surface area contributed by atoms with Crippen molar-refractivity contribution in [2.24, 2.45) is 0 Å². The zero-order chi connectivity index (χ0) is 14.7. The van der Waals surface area contributed by atoms with Gasteiger partial charge in [-0.25, -0.2) is 4.39 Å². The molecule has 0 aliphatic rings. The van der Waals surface area contributed by atoms with Crippen molar-refractivity contribution in [1.82, 2.24) is 10.3 Å². The van der Waals surface area contributed by atoms with Gasteiger partial charge < -0.3 is 5.32 Å². The lowest BCUT2D eigenvalue weighted by Gasteiger charge is -2.22. The van der Waals surface area contributed by atoms with Crippen molar-refractivity contribution in [2.75, 3.05) is 7.05 Å². The number of aryl methyl sites for hydroxylation is 3. The molecule has 1 N–H and O–H groups in total. The van der Waals surface area contributed by atoms with Crippen molar-refractivity contribution in [3.05, 3.63) is 64.2 Å². The predicted molar refractivity (Wildman–Crippen MR) is 80.4 cm³/mol. The van der Waals surface area contributed by atoms with Crippen molar-refractivity contribution >= 4 is 0 Å². The van der Waals surface area contributed by atoms with Crippen molar-refractivity contribution in [2.45, 2.75) is 33.2 Å². The van der Waals surface area contributed by atoms with Crippen LogP contribution in [-0.4, -0.2) is 12.0 Å². The van der Waals surface area contributed by atoms with E-state index in [0.717, 1.165) is 34.2 Å². The fourth-order valence-corrected chi connectivity index (χ4v) is 2.76. The quantitative estimate of drug-likeness (QED) is 0.917. The molecule has 0 bridgehead atoms. The van der Waals surface area contributed by atoms with E-state index >= 15 is 0 Å².